The highest BCUT2D eigenvalue weighted by molar-refractivity contribution is 7.21. The number of fused-ring (bicyclic) bond motifs is 1. The molecule has 4 rings (SSSR count). The quantitative estimate of drug-likeness (QED) is 0.506. The fourth-order valence-corrected chi connectivity index (χ4v) is 3.40. The molecule has 122 valence electrons. The summed E-state index contributed by atoms with van der Waals surface area (Å²) in [5.41, 5.74) is 3.79. The van der Waals surface area contributed by atoms with Gasteiger partial charge >= 0.3 is 0 Å². The number of aromatic hydroxyl groups is 1. The molecule has 4 aromatic rings. The lowest BCUT2D eigenvalue weighted by molar-refractivity contribution is 0.476. The molecule has 0 radical (unpaired) electrons. The lowest BCUT2D eigenvalue weighted by Crippen LogP contribution is -1.79. The molecule has 0 aliphatic rings. The number of benzene rings is 2. The zero-order chi connectivity index (χ0) is 17.1. The first kappa shape index (κ1) is 15.4. The van der Waals surface area contributed by atoms with Crippen molar-refractivity contribution in [3.63, 3.8) is 0 Å². The molecular formula is C19H14N4OS. The van der Waals surface area contributed by atoms with E-state index in [1.54, 1.807) is 35.9 Å². The van der Waals surface area contributed by atoms with Gasteiger partial charge in [0.05, 0.1) is 22.4 Å². The average molecular weight is 346 g/mol. The zero-order valence-corrected chi connectivity index (χ0v) is 14.0. The second-order valence-corrected chi connectivity index (χ2v) is 6.50. The van der Waals surface area contributed by atoms with Gasteiger partial charge in [0.15, 0.2) is 0 Å². The predicted octanol–water partition coefficient (Wildman–Crippen LogP) is 5.35. The van der Waals surface area contributed by atoms with E-state index < -0.39 is 0 Å². The molecule has 2 aromatic carbocycles. The Morgan fingerprint density at radius 1 is 0.960 bits per heavy atom. The third-order valence-electron chi connectivity index (χ3n) is 3.68. The predicted molar refractivity (Wildman–Crippen MR) is 99.2 cm³/mol. The number of azo groups is 1. The molecule has 0 saturated carbocycles. The molecule has 0 aliphatic heterocycles. The van der Waals surface area contributed by atoms with Crippen LogP contribution in [0.4, 0.5) is 5.69 Å². The zero-order valence-electron chi connectivity index (χ0n) is 13.2. The second kappa shape index (κ2) is 6.78. The molecule has 0 atom stereocenters. The third-order valence-corrected chi connectivity index (χ3v) is 4.74. The molecule has 25 heavy (non-hydrogen) atoms. The highest BCUT2D eigenvalue weighted by atomic mass is 32.1. The molecule has 0 fully saturated rings. The van der Waals surface area contributed by atoms with Crippen LogP contribution in [-0.2, 0) is 6.54 Å². The van der Waals surface area contributed by atoms with E-state index in [9.17, 15) is 5.11 Å². The Hall–Kier alpha value is -3.12. The Bertz CT molecular complexity index is 1030. The summed E-state index contributed by atoms with van der Waals surface area (Å²) >= 11 is 1.55. The normalized spacial score (nSPS) is 11.4. The Morgan fingerprint density at radius 2 is 1.76 bits per heavy atom. The maximum absolute atomic E-state index is 9.56. The minimum absolute atomic E-state index is 0.257. The highest BCUT2D eigenvalue weighted by Gasteiger charge is 2.07. The lowest BCUT2D eigenvalue weighted by atomic mass is 10.2. The van der Waals surface area contributed by atoms with Gasteiger partial charge in [-0.2, -0.15) is 10.2 Å². The van der Waals surface area contributed by atoms with Gasteiger partial charge in [-0.25, -0.2) is 4.98 Å². The third kappa shape index (κ3) is 3.54. The van der Waals surface area contributed by atoms with Gasteiger partial charge in [-0.15, -0.1) is 11.3 Å². The summed E-state index contributed by atoms with van der Waals surface area (Å²) < 4.78 is 0.969. The van der Waals surface area contributed by atoms with Crippen molar-refractivity contribution in [2.75, 3.05) is 0 Å². The Balaban J connectivity index is 1.51. The summed E-state index contributed by atoms with van der Waals surface area (Å²) in [6.07, 6.45) is 3.49. The van der Waals surface area contributed by atoms with Gasteiger partial charge < -0.3 is 5.11 Å². The van der Waals surface area contributed by atoms with Crippen LogP contribution in [0.3, 0.4) is 0 Å². The van der Waals surface area contributed by atoms with Crippen LogP contribution in [0.15, 0.2) is 77.2 Å². The van der Waals surface area contributed by atoms with E-state index in [0.29, 0.717) is 6.54 Å². The average Bonchev–Trinajstić information content (AvgIpc) is 3.06. The first-order valence-corrected chi connectivity index (χ1v) is 8.56. The van der Waals surface area contributed by atoms with Crippen molar-refractivity contribution >= 4 is 27.2 Å². The molecule has 2 heterocycles. The maximum atomic E-state index is 9.56. The number of nitrogens with zero attached hydrogens (tertiary/aromatic N) is 4. The Labute approximate surface area is 148 Å². The fourth-order valence-electron chi connectivity index (χ4n) is 2.39. The highest BCUT2D eigenvalue weighted by Crippen LogP contribution is 2.32. The monoisotopic (exact) mass is 346 g/mol. The van der Waals surface area contributed by atoms with Crippen LogP contribution >= 0.6 is 11.3 Å². The summed E-state index contributed by atoms with van der Waals surface area (Å²) in [4.78, 5) is 8.58. The molecule has 1 N–H and O–H groups in total. The number of phenolic OH excluding ortho intramolecular Hbond substituents is 1. The maximum Gasteiger partial charge on any atom is 0.124 e. The number of rotatable bonds is 4. The van der Waals surface area contributed by atoms with Crippen molar-refractivity contribution < 1.29 is 5.11 Å². The molecular weight excluding hydrogens is 332 g/mol. The Morgan fingerprint density at radius 3 is 2.56 bits per heavy atom. The minimum atomic E-state index is 0.257. The van der Waals surface area contributed by atoms with E-state index in [4.69, 9.17) is 0 Å². The van der Waals surface area contributed by atoms with Crippen molar-refractivity contribution in [2.24, 2.45) is 10.2 Å². The van der Waals surface area contributed by atoms with Gasteiger partial charge in [-0.05, 0) is 60.2 Å². The molecule has 6 heteroatoms. The number of thiazole rings is 1. The molecule has 0 amide bonds. The molecule has 0 bridgehead atoms. The molecule has 2 aromatic heterocycles. The SMILES string of the molecule is Oc1ccc2nc(-c3ccc(N=NCc4ccncc4)cc3)sc2c1. The Kier molecular flexibility index (Phi) is 4.18. The van der Waals surface area contributed by atoms with E-state index in [1.165, 1.54) is 0 Å². The topological polar surface area (TPSA) is 70.7 Å². The van der Waals surface area contributed by atoms with Gasteiger partial charge in [-0.1, -0.05) is 0 Å². The van der Waals surface area contributed by atoms with Crippen molar-refractivity contribution in [3.05, 3.63) is 72.6 Å². The number of pyridine rings is 1. The van der Waals surface area contributed by atoms with Crippen LogP contribution in [-0.4, -0.2) is 15.1 Å². The van der Waals surface area contributed by atoms with Crippen molar-refractivity contribution in [3.8, 4) is 16.3 Å². The number of phenols is 1. The van der Waals surface area contributed by atoms with Crippen LogP contribution < -0.4 is 0 Å². The van der Waals surface area contributed by atoms with Gasteiger partial charge in [0.2, 0.25) is 0 Å². The molecule has 0 saturated heterocycles. The summed E-state index contributed by atoms with van der Waals surface area (Å²) in [7, 11) is 0. The summed E-state index contributed by atoms with van der Waals surface area (Å²) in [6.45, 7) is 0.533. The first-order chi connectivity index (χ1) is 12.3. The smallest absolute Gasteiger partial charge is 0.124 e. The van der Waals surface area contributed by atoms with Gasteiger partial charge in [-0.3, -0.25) is 4.98 Å². The van der Waals surface area contributed by atoms with E-state index in [1.807, 2.05) is 42.5 Å². The summed E-state index contributed by atoms with van der Waals surface area (Å²) in [5.74, 6) is 0.257. The fraction of sp³-hybridized carbons (Fsp3) is 0.0526. The molecule has 0 spiro atoms. The van der Waals surface area contributed by atoms with Crippen molar-refractivity contribution in [2.45, 2.75) is 6.54 Å². The standard InChI is InChI=1S/C19H14N4OS/c24-16-5-6-17-18(11-16)25-19(22-17)14-1-3-15(4-2-14)23-21-12-13-7-9-20-10-8-13/h1-11,24H,12H2. The largest absolute Gasteiger partial charge is 0.508 e. The number of hydrogen-bond acceptors (Lipinski definition) is 6. The minimum Gasteiger partial charge on any atom is -0.508 e. The van der Waals surface area contributed by atoms with E-state index in [-0.39, 0.29) is 5.75 Å². The summed E-state index contributed by atoms with van der Waals surface area (Å²) in [5, 5.41) is 18.9. The van der Waals surface area contributed by atoms with Gasteiger partial charge in [0.25, 0.3) is 0 Å². The molecule has 0 unspecified atom stereocenters. The molecule has 0 aliphatic carbocycles. The van der Waals surface area contributed by atoms with Crippen molar-refractivity contribution in [1.82, 2.24) is 9.97 Å². The van der Waals surface area contributed by atoms with Crippen LogP contribution in [0.1, 0.15) is 5.56 Å². The van der Waals surface area contributed by atoms with Crippen molar-refractivity contribution in [1.29, 1.82) is 0 Å². The number of aromatic nitrogens is 2. The van der Waals surface area contributed by atoms with Crippen LogP contribution in [0, 0.1) is 0 Å². The summed E-state index contributed by atoms with van der Waals surface area (Å²) in [6, 6.07) is 16.9. The van der Waals surface area contributed by atoms with E-state index >= 15 is 0 Å². The van der Waals surface area contributed by atoms with Crippen LogP contribution in [0.5, 0.6) is 5.75 Å². The second-order valence-electron chi connectivity index (χ2n) is 5.47. The van der Waals surface area contributed by atoms with Crippen LogP contribution in [0.2, 0.25) is 0 Å². The molecule has 5 nitrogen and oxygen atoms in total. The lowest BCUT2D eigenvalue weighted by Gasteiger charge is -1.97. The van der Waals surface area contributed by atoms with E-state index in [2.05, 4.69) is 20.2 Å². The number of hydrogen-bond donors (Lipinski definition) is 1. The van der Waals surface area contributed by atoms with Gasteiger partial charge in [0.1, 0.15) is 10.8 Å². The van der Waals surface area contributed by atoms with Gasteiger partial charge in [0, 0.05) is 18.0 Å². The first-order valence-electron chi connectivity index (χ1n) is 7.74. The van der Waals surface area contributed by atoms with E-state index in [0.717, 1.165) is 32.0 Å². The van der Waals surface area contributed by atoms with Crippen LogP contribution in [0.25, 0.3) is 20.8 Å².